The number of nitrogens with zero attached hydrogens (tertiary/aromatic N) is 4. The molecule has 0 amide bonds. The van der Waals surface area contributed by atoms with E-state index in [9.17, 15) is 19.1 Å². The maximum atomic E-state index is 14.3. The van der Waals surface area contributed by atoms with Crippen LogP contribution in [0.1, 0.15) is 24.6 Å². The normalized spacial score (nSPS) is 20.4. The Morgan fingerprint density at radius 2 is 1.92 bits per heavy atom. The van der Waals surface area contributed by atoms with Crippen molar-refractivity contribution in [2.75, 3.05) is 39.5 Å². The monoisotopic (exact) mass is 511 g/mol. The average molecular weight is 512 g/mol. The molecule has 3 aliphatic heterocycles. The van der Waals surface area contributed by atoms with E-state index < -0.39 is 17.3 Å². The van der Waals surface area contributed by atoms with E-state index in [-0.39, 0.29) is 30.5 Å². The molecule has 3 aromatic heterocycles. The highest BCUT2D eigenvalue weighted by molar-refractivity contribution is 5.82. The first-order chi connectivity index (χ1) is 17.9. The fraction of sp³-hybridized carbons (Fsp3) is 0.440. The third-order valence-electron chi connectivity index (χ3n) is 7.32. The van der Waals surface area contributed by atoms with E-state index >= 15 is 0 Å². The van der Waals surface area contributed by atoms with E-state index in [1.165, 1.54) is 6.07 Å². The van der Waals surface area contributed by atoms with Gasteiger partial charge in [0, 0.05) is 38.3 Å². The van der Waals surface area contributed by atoms with Gasteiger partial charge in [0.15, 0.2) is 23.1 Å². The van der Waals surface area contributed by atoms with Crippen molar-refractivity contribution in [1.29, 1.82) is 0 Å². The minimum atomic E-state index is -1.11. The number of piperidine rings is 1. The molecule has 37 heavy (non-hydrogen) atoms. The summed E-state index contributed by atoms with van der Waals surface area (Å²) >= 11 is 0. The molecule has 12 heteroatoms. The van der Waals surface area contributed by atoms with Crippen LogP contribution in [-0.4, -0.2) is 75.5 Å². The number of rotatable bonds is 6. The number of fused-ring (bicyclic) bond motifs is 1. The van der Waals surface area contributed by atoms with E-state index in [1.54, 1.807) is 22.9 Å². The van der Waals surface area contributed by atoms with Gasteiger partial charge < -0.3 is 24.2 Å². The summed E-state index contributed by atoms with van der Waals surface area (Å²) in [5, 5.41) is 13.3. The Morgan fingerprint density at radius 3 is 2.70 bits per heavy atom. The quantitative estimate of drug-likeness (QED) is 0.500. The van der Waals surface area contributed by atoms with Gasteiger partial charge in [-0.3, -0.25) is 29.4 Å². The molecule has 6 heterocycles. The topological polar surface area (TPSA) is 128 Å². The summed E-state index contributed by atoms with van der Waals surface area (Å²) in [6, 6.07) is 4.41. The van der Waals surface area contributed by atoms with Crippen LogP contribution < -0.4 is 25.1 Å². The summed E-state index contributed by atoms with van der Waals surface area (Å²) in [5.41, 5.74) is 0.152. The van der Waals surface area contributed by atoms with Gasteiger partial charge in [-0.25, -0.2) is 4.39 Å². The molecule has 1 saturated heterocycles. The Balaban J connectivity index is 1.15. The van der Waals surface area contributed by atoms with E-state index in [0.29, 0.717) is 73.9 Å². The molecule has 11 nitrogen and oxygen atoms in total. The summed E-state index contributed by atoms with van der Waals surface area (Å²) in [6.45, 7) is 2.82. The Hall–Kier alpha value is -3.77. The third kappa shape index (κ3) is 4.25. The zero-order valence-electron chi connectivity index (χ0n) is 20.0. The van der Waals surface area contributed by atoms with Crippen LogP contribution in [-0.2, 0) is 11.3 Å². The molecule has 3 aromatic rings. The van der Waals surface area contributed by atoms with Crippen LogP contribution in [0.2, 0.25) is 0 Å². The van der Waals surface area contributed by atoms with Crippen molar-refractivity contribution in [3.8, 4) is 17.2 Å². The van der Waals surface area contributed by atoms with Crippen molar-refractivity contribution in [1.82, 2.24) is 24.8 Å². The molecule has 194 valence electrons. The number of nitrogens with one attached hydrogen (secondary N) is 1. The Bertz CT molecular complexity index is 1420. The fourth-order valence-corrected chi connectivity index (χ4v) is 5.29. The number of likely N-dealkylation sites (tertiary alicyclic amines) is 1. The maximum absolute atomic E-state index is 14.3. The lowest BCUT2D eigenvalue weighted by Crippen LogP contribution is -2.58. The van der Waals surface area contributed by atoms with Crippen molar-refractivity contribution in [3.63, 3.8) is 0 Å². The van der Waals surface area contributed by atoms with Crippen LogP contribution in [0.5, 0.6) is 17.2 Å². The van der Waals surface area contributed by atoms with Gasteiger partial charge in [-0.2, -0.15) is 0 Å². The molecule has 1 atom stereocenters. The number of pyridine rings is 3. The molecular weight excluding hydrogens is 485 g/mol. The minimum absolute atomic E-state index is 0.0411. The lowest BCUT2D eigenvalue weighted by molar-refractivity contribution is -0.147. The highest BCUT2D eigenvalue weighted by Gasteiger charge is 2.42. The molecule has 0 aromatic carbocycles. The standard InChI is InChI=1S/C25H26FN5O6/c26-17-11-28-18-1-2-21(32)31-16(14-37-23(17)22(18)31)13-30-5-3-25(4-6-30,24(33)34)29-10-15-9-19-20(12-27-15)36-8-7-35-19/h1-2,9,11-12,16,29H,3-8,10,13-14H2,(H,33,34)/t16-/m1/s1. The summed E-state index contributed by atoms with van der Waals surface area (Å²) < 4.78 is 32.6. The second kappa shape index (κ2) is 9.27. The predicted molar refractivity (Wildman–Crippen MR) is 129 cm³/mol. The third-order valence-corrected chi connectivity index (χ3v) is 7.32. The largest absolute Gasteiger partial charge is 0.486 e. The zero-order valence-corrected chi connectivity index (χ0v) is 20.0. The summed E-state index contributed by atoms with van der Waals surface area (Å²) in [7, 11) is 0. The summed E-state index contributed by atoms with van der Waals surface area (Å²) in [5.74, 6) is -0.289. The first-order valence-electron chi connectivity index (χ1n) is 12.2. The van der Waals surface area contributed by atoms with Gasteiger partial charge in [0.2, 0.25) is 0 Å². The number of aromatic nitrogens is 3. The highest BCUT2D eigenvalue weighted by atomic mass is 19.1. The van der Waals surface area contributed by atoms with Crippen LogP contribution in [0.15, 0.2) is 35.4 Å². The van der Waals surface area contributed by atoms with Crippen LogP contribution in [0.4, 0.5) is 4.39 Å². The average Bonchev–Trinajstić information content (AvgIpc) is 2.92. The van der Waals surface area contributed by atoms with Gasteiger partial charge in [0.05, 0.1) is 29.6 Å². The first kappa shape index (κ1) is 23.6. The van der Waals surface area contributed by atoms with Crippen LogP contribution in [0, 0.1) is 5.82 Å². The van der Waals surface area contributed by atoms with Crippen LogP contribution in [0.3, 0.4) is 0 Å². The number of aliphatic carboxylic acids is 1. The van der Waals surface area contributed by atoms with Crippen molar-refractivity contribution >= 4 is 17.0 Å². The molecule has 6 rings (SSSR count). The Kier molecular flexibility index (Phi) is 5.92. The minimum Gasteiger partial charge on any atom is -0.486 e. The molecule has 3 aliphatic rings. The zero-order chi connectivity index (χ0) is 25.6. The molecule has 2 N–H and O–H groups in total. The van der Waals surface area contributed by atoms with Gasteiger partial charge in [-0.15, -0.1) is 0 Å². The van der Waals surface area contributed by atoms with Crippen molar-refractivity contribution in [3.05, 3.63) is 52.5 Å². The predicted octanol–water partition coefficient (Wildman–Crippen LogP) is 1.34. The smallest absolute Gasteiger partial charge is 0.324 e. The number of hydrogen-bond donors (Lipinski definition) is 2. The number of ether oxygens (including phenoxy) is 3. The number of halogens is 1. The van der Waals surface area contributed by atoms with Crippen molar-refractivity contribution < 1.29 is 28.5 Å². The molecule has 0 spiro atoms. The first-order valence-corrected chi connectivity index (χ1v) is 12.2. The van der Waals surface area contributed by atoms with Crippen LogP contribution in [0.25, 0.3) is 11.0 Å². The van der Waals surface area contributed by atoms with Crippen molar-refractivity contribution in [2.45, 2.75) is 31.0 Å². The van der Waals surface area contributed by atoms with E-state index in [2.05, 4.69) is 20.2 Å². The van der Waals surface area contributed by atoms with Gasteiger partial charge in [0.25, 0.3) is 5.56 Å². The Morgan fingerprint density at radius 1 is 1.14 bits per heavy atom. The Labute approximate surface area is 210 Å². The molecule has 0 bridgehead atoms. The van der Waals surface area contributed by atoms with Gasteiger partial charge in [0.1, 0.15) is 30.9 Å². The second-order valence-corrected chi connectivity index (χ2v) is 9.54. The molecule has 1 fully saturated rings. The molecule has 0 saturated carbocycles. The number of carbonyl (C=O) groups is 1. The number of carboxylic acid groups (broad SMARTS) is 1. The SMILES string of the molecule is O=C(O)C1(NCc2cc3c(cn2)OCCO3)CCN(C[C@@H]2COc3c(F)cnc4ccc(=O)n2c34)CC1. The number of hydrogen-bond acceptors (Lipinski definition) is 9. The lowest BCUT2D eigenvalue weighted by Gasteiger charge is -2.41. The van der Waals surface area contributed by atoms with Crippen molar-refractivity contribution in [2.24, 2.45) is 0 Å². The maximum Gasteiger partial charge on any atom is 0.324 e. The summed E-state index contributed by atoms with van der Waals surface area (Å²) in [6.07, 6.45) is 3.42. The van der Waals surface area contributed by atoms with Crippen LogP contribution >= 0.6 is 0 Å². The number of carboxylic acids is 1. The van der Waals surface area contributed by atoms with Gasteiger partial charge in [-0.1, -0.05) is 0 Å². The van der Waals surface area contributed by atoms with E-state index in [4.69, 9.17) is 14.2 Å². The van der Waals surface area contributed by atoms with Gasteiger partial charge in [-0.05, 0) is 18.9 Å². The molecule has 0 radical (unpaired) electrons. The van der Waals surface area contributed by atoms with E-state index in [1.807, 2.05) is 0 Å². The molecule has 0 aliphatic carbocycles. The second-order valence-electron chi connectivity index (χ2n) is 9.54. The summed E-state index contributed by atoms with van der Waals surface area (Å²) in [4.78, 5) is 35.6. The van der Waals surface area contributed by atoms with E-state index in [0.717, 1.165) is 6.20 Å². The van der Waals surface area contributed by atoms with Gasteiger partial charge >= 0.3 is 5.97 Å². The highest BCUT2D eigenvalue weighted by Crippen LogP contribution is 2.34. The fourth-order valence-electron chi connectivity index (χ4n) is 5.29. The molecular formula is C25H26FN5O6. The lowest BCUT2D eigenvalue weighted by atomic mass is 9.87. The molecule has 0 unspecified atom stereocenters.